The molecule has 112 valence electrons. The van der Waals surface area contributed by atoms with Crippen LogP contribution in [0.3, 0.4) is 0 Å². The average Bonchev–Trinajstić information content (AvgIpc) is 2.46. The highest BCUT2D eigenvalue weighted by Crippen LogP contribution is 2.23. The van der Waals surface area contributed by atoms with E-state index in [0.717, 1.165) is 12.2 Å². The summed E-state index contributed by atoms with van der Waals surface area (Å²) < 4.78 is 5.45. The van der Waals surface area contributed by atoms with Crippen molar-refractivity contribution < 1.29 is 4.74 Å². The van der Waals surface area contributed by atoms with Gasteiger partial charge >= 0.3 is 0 Å². The van der Waals surface area contributed by atoms with E-state index in [0.29, 0.717) is 18.4 Å². The summed E-state index contributed by atoms with van der Waals surface area (Å²) in [5, 5.41) is 3.32. The Hall–Kier alpha value is -2.10. The summed E-state index contributed by atoms with van der Waals surface area (Å²) in [6, 6.07) is 12.3. The van der Waals surface area contributed by atoms with E-state index in [1.165, 1.54) is 5.56 Å². The van der Waals surface area contributed by atoms with Crippen LogP contribution in [-0.4, -0.2) is 23.1 Å². The molecule has 1 N–H and O–H groups in total. The Bertz CT molecular complexity index is 582. The van der Waals surface area contributed by atoms with E-state index in [4.69, 9.17) is 4.74 Å². The minimum atomic E-state index is 0.000142. The largest absolute Gasteiger partial charge is 0.478 e. The summed E-state index contributed by atoms with van der Waals surface area (Å²) in [6.45, 7) is 9.65. The van der Waals surface area contributed by atoms with Crippen LogP contribution in [0.2, 0.25) is 0 Å². The van der Waals surface area contributed by atoms with Crippen molar-refractivity contribution in [2.45, 2.75) is 33.1 Å². The van der Waals surface area contributed by atoms with Crippen LogP contribution in [0.1, 0.15) is 32.0 Å². The van der Waals surface area contributed by atoms with Gasteiger partial charge in [-0.25, -0.2) is 4.98 Å². The summed E-state index contributed by atoms with van der Waals surface area (Å²) in [7, 11) is 0. The van der Waals surface area contributed by atoms with E-state index < -0.39 is 0 Å². The van der Waals surface area contributed by atoms with Gasteiger partial charge in [-0.05, 0) is 19.4 Å². The number of hydrogen-bond acceptors (Lipinski definition) is 4. The van der Waals surface area contributed by atoms with Gasteiger partial charge in [-0.1, -0.05) is 44.2 Å². The second-order valence-electron chi connectivity index (χ2n) is 5.71. The lowest BCUT2D eigenvalue weighted by atomic mass is 9.85. The molecule has 0 spiro atoms. The minimum Gasteiger partial charge on any atom is -0.478 e. The van der Waals surface area contributed by atoms with Gasteiger partial charge in [-0.3, -0.25) is 0 Å². The first kappa shape index (κ1) is 15.3. The standard InChI is InChI=1S/C17H23N3O/c1-5-21-15-11-13(2)19-16(20-15)18-12-17(3,4)14-9-7-6-8-10-14/h6-11H,5,12H2,1-4H3,(H,18,19,20). The molecule has 21 heavy (non-hydrogen) atoms. The fourth-order valence-electron chi connectivity index (χ4n) is 2.13. The molecule has 0 bridgehead atoms. The first-order chi connectivity index (χ1) is 10.0. The van der Waals surface area contributed by atoms with Gasteiger partial charge in [0.1, 0.15) is 0 Å². The van der Waals surface area contributed by atoms with Crippen molar-refractivity contribution in [3.63, 3.8) is 0 Å². The third kappa shape index (κ3) is 4.18. The van der Waals surface area contributed by atoms with Gasteiger partial charge in [0, 0.05) is 23.7 Å². The zero-order valence-corrected chi connectivity index (χ0v) is 13.2. The van der Waals surface area contributed by atoms with Gasteiger partial charge < -0.3 is 10.1 Å². The van der Waals surface area contributed by atoms with E-state index in [1.807, 2.05) is 26.0 Å². The molecule has 4 nitrogen and oxygen atoms in total. The van der Waals surface area contributed by atoms with Crippen LogP contribution < -0.4 is 10.1 Å². The van der Waals surface area contributed by atoms with E-state index in [9.17, 15) is 0 Å². The monoisotopic (exact) mass is 285 g/mol. The fraction of sp³-hybridized carbons (Fsp3) is 0.412. The molecule has 0 saturated carbocycles. The fourth-order valence-corrected chi connectivity index (χ4v) is 2.13. The van der Waals surface area contributed by atoms with Crippen LogP contribution in [0.4, 0.5) is 5.95 Å². The highest BCUT2D eigenvalue weighted by Gasteiger charge is 2.20. The molecule has 1 heterocycles. The molecule has 4 heteroatoms. The summed E-state index contributed by atoms with van der Waals surface area (Å²) in [5.41, 5.74) is 2.18. The van der Waals surface area contributed by atoms with Gasteiger partial charge in [0.05, 0.1) is 6.61 Å². The Morgan fingerprint density at radius 3 is 2.52 bits per heavy atom. The number of anilines is 1. The average molecular weight is 285 g/mol. The van der Waals surface area contributed by atoms with Crippen LogP contribution in [0.5, 0.6) is 5.88 Å². The molecular weight excluding hydrogens is 262 g/mol. The Labute approximate surface area is 126 Å². The number of ether oxygens (including phenoxy) is 1. The highest BCUT2D eigenvalue weighted by atomic mass is 16.5. The Morgan fingerprint density at radius 2 is 1.86 bits per heavy atom. The van der Waals surface area contributed by atoms with E-state index in [2.05, 4.69) is 53.4 Å². The minimum absolute atomic E-state index is 0.000142. The Kier molecular flexibility index (Phi) is 4.78. The van der Waals surface area contributed by atoms with E-state index >= 15 is 0 Å². The number of rotatable bonds is 6. The zero-order valence-electron chi connectivity index (χ0n) is 13.2. The van der Waals surface area contributed by atoms with E-state index in [1.54, 1.807) is 0 Å². The lowest BCUT2D eigenvalue weighted by molar-refractivity contribution is 0.326. The first-order valence-corrected chi connectivity index (χ1v) is 7.29. The van der Waals surface area contributed by atoms with Crippen molar-refractivity contribution >= 4 is 5.95 Å². The number of benzene rings is 1. The molecule has 2 rings (SSSR count). The lowest BCUT2D eigenvalue weighted by Crippen LogP contribution is -2.28. The van der Waals surface area contributed by atoms with Gasteiger partial charge in [0.15, 0.2) is 0 Å². The summed E-state index contributed by atoms with van der Waals surface area (Å²) in [6.07, 6.45) is 0. The molecule has 0 saturated heterocycles. The maximum absolute atomic E-state index is 5.45. The number of nitrogens with one attached hydrogen (secondary N) is 1. The van der Waals surface area contributed by atoms with Gasteiger partial charge in [0.2, 0.25) is 11.8 Å². The summed E-state index contributed by atoms with van der Waals surface area (Å²) >= 11 is 0. The SMILES string of the molecule is CCOc1cc(C)nc(NCC(C)(C)c2ccccc2)n1. The molecule has 0 aliphatic heterocycles. The Balaban J connectivity index is 2.09. The van der Waals surface area contributed by atoms with Crippen LogP contribution in [-0.2, 0) is 5.41 Å². The number of nitrogens with zero attached hydrogens (tertiary/aromatic N) is 2. The second-order valence-corrected chi connectivity index (χ2v) is 5.71. The molecule has 1 aromatic heterocycles. The molecule has 0 aliphatic rings. The first-order valence-electron chi connectivity index (χ1n) is 7.29. The van der Waals surface area contributed by atoms with Gasteiger partial charge in [0.25, 0.3) is 0 Å². The van der Waals surface area contributed by atoms with Crippen LogP contribution in [0.25, 0.3) is 0 Å². The molecular formula is C17H23N3O. The van der Waals surface area contributed by atoms with Crippen LogP contribution in [0, 0.1) is 6.92 Å². The van der Waals surface area contributed by atoms with Crippen molar-refractivity contribution in [2.24, 2.45) is 0 Å². The normalized spacial score (nSPS) is 11.2. The Morgan fingerprint density at radius 1 is 1.14 bits per heavy atom. The number of hydrogen-bond donors (Lipinski definition) is 1. The lowest BCUT2D eigenvalue weighted by Gasteiger charge is -2.25. The second kappa shape index (κ2) is 6.57. The third-order valence-corrected chi connectivity index (χ3v) is 3.37. The van der Waals surface area contributed by atoms with Crippen molar-refractivity contribution in [1.82, 2.24) is 9.97 Å². The highest BCUT2D eigenvalue weighted by molar-refractivity contribution is 5.33. The molecule has 0 amide bonds. The predicted octanol–water partition coefficient (Wildman–Crippen LogP) is 3.57. The van der Waals surface area contributed by atoms with Crippen molar-refractivity contribution in [2.75, 3.05) is 18.5 Å². The van der Waals surface area contributed by atoms with Crippen molar-refractivity contribution in [3.8, 4) is 5.88 Å². The quantitative estimate of drug-likeness (QED) is 0.881. The molecule has 0 unspecified atom stereocenters. The van der Waals surface area contributed by atoms with Crippen molar-refractivity contribution in [1.29, 1.82) is 0 Å². The predicted molar refractivity (Wildman–Crippen MR) is 85.9 cm³/mol. The molecule has 0 fully saturated rings. The van der Waals surface area contributed by atoms with Crippen LogP contribution in [0.15, 0.2) is 36.4 Å². The van der Waals surface area contributed by atoms with Gasteiger partial charge in [-0.2, -0.15) is 4.98 Å². The zero-order chi connectivity index (χ0) is 15.3. The molecule has 0 atom stereocenters. The molecule has 2 aromatic rings. The molecule has 0 radical (unpaired) electrons. The maximum Gasteiger partial charge on any atom is 0.226 e. The topological polar surface area (TPSA) is 47.0 Å². The smallest absolute Gasteiger partial charge is 0.226 e. The molecule has 0 aliphatic carbocycles. The summed E-state index contributed by atoms with van der Waals surface area (Å²) in [5.74, 6) is 1.23. The van der Waals surface area contributed by atoms with E-state index in [-0.39, 0.29) is 5.41 Å². The number of aryl methyl sites for hydroxylation is 1. The third-order valence-electron chi connectivity index (χ3n) is 3.37. The van der Waals surface area contributed by atoms with Gasteiger partial charge in [-0.15, -0.1) is 0 Å². The van der Waals surface area contributed by atoms with Crippen molar-refractivity contribution in [3.05, 3.63) is 47.7 Å². The molecule has 1 aromatic carbocycles. The van der Waals surface area contributed by atoms with Crippen LogP contribution >= 0.6 is 0 Å². The maximum atomic E-state index is 5.45. The summed E-state index contributed by atoms with van der Waals surface area (Å²) in [4.78, 5) is 8.79. The number of aromatic nitrogens is 2.